The summed E-state index contributed by atoms with van der Waals surface area (Å²) in [6, 6.07) is 27.1. The molecule has 14 nitrogen and oxygen atoms in total. The lowest BCUT2D eigenvalue weighted by Crippen LogP contribution is -2.44. The van der Waals surface area contributed by atoms with Gasteiger partial charge in [-0.25, -0.2) is 14.6 Å². The van der Waals surface area contributed by atoms with E-state index in [1.807, 2.05) is 93.1 Å². The molecule has 0 unspecified atom stereocenters. The van der Waals surface area contributed by atoms with Crippen molar-refractivity contribution in [3.05, 3.63) is 102 Å². The summed E-state index contributed by atoms with van der Waals surface area (Å²) in [5.74, 6) is -0.589. The smallest absolute Gasteiger partial charge is 0.411 e. The van der Waals surface area contributed by atoms with E-state index in [1.54, 1.807) is 0 Å². The Labute approximate surface area is 332 Å². The van der Waals surface area contributed by atoms with Crippen LogP contribution in [0.25, 0.3) is 11.1 Å². The van der Waals surface area contributed by atoms with Crippen LogP contribution in [0.1, 0.15) is 63.7 Å². The molecule has 4 amide bonds. The molecule has 4 aromatic rings. The van der Waals surface area contributed by atoms with E-state index < -0.39 is 36.1 Å². The Hall–Kier alpha value is -6.15. The molecular weight excluding hydrogens is 727 g/mol. The molecule has 6 N–H and O–H groups in total. The van der Waals surface area contributed by atoms with Crippen LogP contribution in [0.2, 0.25) is 0 Å². The molecule has 0 saturated carbocycles. The van der Waals surface area contributed by atoms with E-state index in [0.717, 1.165) is 59.7 Å². The van der Waals surface area contributed by atoms with Gasteiger partial charge in [-0.1, -0.05) is 64.1 Å². The van der Waals surface area contributed by atoms with E-state index in [0.29, 0.717) is 24.6 Å². The molecule has 2 aliphatic rings. The van der Waals surface area contributed by atoms with Crippen LogP contribution >= 0.6 is 0 Å². The molecular formula is C43H51N7O7. The summed E-state index contributed by atoms with van der Waals surface area (Å²) >= 11 is 0. The first-order valence-electron chi connectivity index (χ1n) is 19.4. The van der Waals surface area contributed by atoms with Gasteiger partial charge in [0.05, 0.1) is 25.3 Å². The number of amides is 4. The van der Waals surface area contributed by atoms with E-state index in [-0.39, 0.29) is 23.9 Å². The zero-order chi connectivity index (χ0) is 40.6. The summed E-state index contributed by atoms with van der Waals surface area (Å²) in [5.41, 5.74) is 6.71. The highest BCUT2D eigenvalue weighted by Gasteiger charge is 2.36. The lowest BCUT2D eigenvalue weighted by Gasteiger charge is -2.34. The summed E-state index contributed by atoms with van der Waals surface area (Å²) in [5, 5.41) is 28.5. The van der Waals surface area contributed by atoms with Gasteiger partial charge in [0.2, 0.25) is 0 Å². The van der Waals surface area contributed by atoms with E-state index in [1.165, 1.54) is 0 Å². The number of pyridine rings is 1. The third kappa shape index (κ3) is 10.00. The summed E-state index contributed by atoms with van der Waals surface area (Å²) in [6.45, 7) is 10.5. The van der Waals surface area contributed by atoms with Crippen molar-refractivity contribution in [2.45, 2.75) is 64.7 Å². The number of nitrogens with zero attached hydrogens (tertiary/aromatic N) is 3. The minimum Gasteiger partial charge on any atom is -0.465 e. The summed E-state index contributed by atoms with van der Waals surface area (Å²) in [4.78, 5) is 56.9. The van der Waals surface area contributed by atoms with Crippen LogP contribution in [0.5, 0.6) is 0 Å². The number of anilines is 4. The molecule has 6 rings (SSSR count). The van der Waals surface area contributed by atoms with Crippen LogP contribution in [0.4, 0.5) is 32.5 Å². The zero-order valence-corrected chi connectivity index (χ0v) is 32.6. The summed E-state index contributed by atoms with van der Waals surface area (Å²) in [6.07, 6.45) is 0.869. The topological polar surface area (TPSA) is 185 Å². The van der Waals surface area contributed by atoms with Crippen molar-refractivity contribution >= 4 is 46.9 Å². The Bertz CT molecular complexity index is 1910. The number of nitrogens with one attached hydrogen (secondary N) is 4. The molecule has 0 bridgehead atoms. The highest BCUT2D eigenvalue weighted by Crippen LogP contribution is 2.47. The second-order valence-electron chi connectivity index (χ2n) is 15.1. The van der Waals surface area contributed by atoms with Crippen LogP contribution in [0, 0.1) is 11.8 Å². The normalized spacial score (nSPS) is 17.9. The standard InChI is InChI=1S/C43H51N7O7/c1-26(2)38(40(51)47-42(53)54)45-32-12-5-29(6-13-32)35-18-19-36(30-7-14-33(15-8-30)46-39(27(3)4)41(52)48-43(55)56)50(35)34-16-9-28(10-17-34)31-11-20-37(44-25-31)49-21-23-57-24-22-49/h5-17,20,25-27,35-36,38-39,45-46H,18-19,21-24H2,1-4H3,(H,47,51)(H,48,52)(H,53,54)(H,55,56)/t35-,36-,38+,39+/m1/s1. The molecule has 0 aliphatic carbocycles. The number of carbonyl (C=O) groups excluding carboxylic acids is 2. The van der Waals surface area contributed by atoms with Gasteiger partial charge in [0, 0.05) is 41.9 Å². The highest BCUT2D eigenvalue weighted by molar-refractivity contribution is 5.96. The first-order valence-corrected chi connectivity index (χ1v) is 19.4. The van der Waals surface area contributed by atoms with Crippen LogP contribution in [-0.4, -0.2) is 77.6 Å². The maximum absolute atomic E-state index is 12.6. The van der Waals surface area contributed by atoms with Crippen molar-refractivity contribution < 1.29 is 34.1 Å². The molecule has 57 heavy (non-hydrogen) atoms. The van der Waals surface area contributed by atoms with Gasteiger partial charge in [-0.15, -0.1) is 0 Å². The van der Waals surface area contributed by atoms with Crippen molar-refractivity contribution in [3.8, 4) is 11.1 Å². The fourth-order valence-electron chi connectivity index (χ4n) is 7.59. The molecule has 3 heterocycles. The number of ether oxygens (including phenoxy) is 1. The predicted molar refractivity (Wildman–Crippen MR) is 220 cm³/mol. The molecule has 2 aliphatic heterocycles. The van der Waals surface area contributed by atoms with Crippen molar-refractivity contribution in [3.63, 3.8) is 0 Å². The van der Waals surface area contributed by atoms with Gasteiger partial charge in [0.1, 0.15) is 17.9 Å². The Kier molecular flexibility index (Phi) is 12.9. The first kappa shape index (κ1) is 40.5. The molecule has 300 valence electrons. The molecule has 2 saturated heterocycles. The van der Waals surface area contributed by atoms with Crippen molar-refractivity contribution in [2.24, 2.45) is 11.8 Å². The Morgan fingerprint density at radius 1 is 0.649 bits per heavy atom. The van der Waals surface area contributed by atoms with Crippen LogP contribution in [0.15, 0.2) is 91.1 Å². The summed E-state index contributed by atoms with van der Waals surface area (Å²) in [7, 11) is 0. The quantitative estimate of drug-likeness (QED) is 0.0808. The monoisotopic (exact) mass is 777 g/mol. The van der Waals surface area contributed by atoms with Crippen LogP contribution in [0.3, 0.4) is 0 Å². The van der Waals surface area contributed by atoms with Gasteiger partial charge in [0.15, 0.2) is 0 Å². The first-order chi connectivity index (χ1) is 27.4. The molecule has 2 fully saturated rings. The van der Waals surface area contributed by atoms with Gasteiger partial charge in [0.25, 0.3) is 11.8 Å². The molecule has 0 spiro atoms. The van der Waals surface area contributed by atoms with Gasteiger partial charge in [-0.05, 0) is 89.9 Å². The average Bonchev–Trinajstić information content (AvgIpc) is 3.64. The number of aromatic nitrogens is 1. The van der Waals surface area contributed by atoms with E-state index in [2.05, 4.69) is 56.8 Å². The van der Waals surface area contributed by atoms with Crippen LogP contribution < -0.4 is 31.1 Å². The fraction of sp³-hybridized carbons (Fsp3) is 0.372. The molecule has 14 heteroatoms. The molecule has 0 radical (unpaired) electrons. The highest BCUT2D eigenvalue weighted by atomic mass is 16.5. The number of imide groups is 2. The number of carbonyl (C=O) groups is 4. The number of hydrogen-bond acceptors (Lipinski definition) is 10. The predicted octanol–water partition coefficient (Wildman–Crippen LogP) is 7.13. The third-order valence-electron chi connectivity index (χ3n) is 10.6. The number of hydrogen-bond donors (Lipinski definition) is 6. The lowest BCUT2D eigenvalue weighted by molar-refractivity contribution is -0.122. The van der Waals surface area contributed by atoms with E-state index in [4.69, 9.17) is 19.9 Å². The third-order valence-corrected chi connectivity index (χ3v) is 10.6. The van der Waals surface area contributed by atoms with Crippen molar-refractivity contribution in [1.29, 1.82) is 0 Å². The summed E-state index contributed by atoms with van der Waals surface area (Å²) < 4.78 is 5.49. The number of morpholine rings is 1. The van der Waals surface area contributed by atoms with Crippen LogP contribution in [-0.2, 0) is 14.3 Å². The van der Waals surface area contributed by atoms with Gasteiger partial charge >= 0.3 is 12.2 Å². The Morgan fingerprint density at radius 3 is 1.51 bits per heavy atom. The fourth-order valence-corrected chi connectivity index (χ4v) is 7.59. The second kappa shape index (κ2) is 18.2. The molecule has 3 aromatic carbocycles. The SMILES string of the molecule is CC(C)[C@H](Nc1ccc([C@H]2CC[C@H](c3ccc(N[C@H](C(=O)NC(=O)O)C(C)C)cc3)N2c2ccc(-c3ccc(N4CCOCC4)nc3)cc2)cc1)C(=O)NC(=O)O. The average molecular weight is 778 g/mol. The van der Waals surface area contributed by atoms with Gasteiger partial charge in [-0.2, -0.15) is 0 Å². The number of carboxylic acid groups (broad SMARTS) is 2. The Morgan fingerprint density at radius 2 is 1.11 bits per heavy atom. The van der Waals surface area contributed by atoms with Gasteiger partial charge in [-0.3, -0.25) is 20.2 Å². The lowest BCUT2D eigenvalue weighted by atomic mass is 10.0. The van der Waals surface area contributed by atoms with Crippen molar-refractivity contribution in [2.75, 3.05) is 46.7 Å². The maximum atomic E-state index is 12.6. The van der Waals surface area contributed by atoms with E-state index >= 15 is 0 Å². The molecule has 4 atom stereocenters. The Balaban J connectivity index is 1.26. The van der Waals surface area contributed by atoms with Crippen molar-refractivity contribution in [1.82, 2.24) is 15.6 Å². The molecule has 1 aromatic heterocycles. The number of rotatable bonds is 13. The second-order valence-corrected chi connectivity index (χ2v) is 15.1. The van der Waals surface area contributed by atoms with Gasteiger partial charge < -0.3 is 35.4 Å². The minimum atomic E-state index is -1.39. The van der Waals surface area contributed by atoms with E-state index in [9.17, 15) is 19.2 Å². The maximum Gasteiger partial charge on any atom is 0.411 e. The largest absolute Gasteiger partial charge is 0.465 e. The zero-order valence-electron chi connectivity index (χ0n) is 32.6. The minimum absolute atomic E-state index is 0.0171. The number of benzene rings is 3.